The highest BCUT2D eigenvalue weighted by Crippen LogP contribution is 2.33. The molecule has 0 aromatic heterocycles. The van der Waals surface area contributed by atoms with Gasteiger partial charge < -0.3 is 10.8 Å². The van der Waals surface area contributed by atoms with Gasteiger partial charge in [-0.15, -0.1) is 0 Å². The van der Waals surface area contributed by atoms with Crippen molar-refractivity contribution < 1.29 is 5.11 Å². The standard InChI is InChI=1S/C15H23NOS/c1-11-3-2-4-14(9-11)18-10-15(17)12-5-7-13(16)8-6-12/h5-8,11,14-15,17H,2-4,9-10,16H2,1H3. The van der Waals surface area contributed by atoms with Crippen LogP contribution in [0.3, 0.4) is 0 Å². The van der Waals surface area contributed by atoms with Crippen molar-refractivity contribution in [3.05, 3.63) is 29.8 Å². The van der Waals surface area contributed by atoms with Crippen LogP contribution in [0.5, 0.6) is 0 Å². The Morgan fingerprint density at radius 1 is 1.33 bits per heavy atom. The Kier molecular flexibility index (Phi) is 4.95. The number of hydrogen-bond donors (Lipinski definition) is 2. The summed E-state index contributed by atoms with van der Waals surface area (Å²) in [5, 5.41) is 10.9. The summed E-state index contributed by atoms with van der Waals surface area (Å²) in [5.74, 6) is 1.64. The maximum atomic E-state index is 10.1. The number of rotatable bonds is 4. The average Bonchev–Trinajstić information content (AvgIpc) is 2.37. The molecule has 1 aromatic rings. The fraction of sp³-hybridized carbons (Fsp3) is 0.600. The summed E-state index contributed by atoms with van der Waals surface area (Å²) in [6.45, 7) is 2.34. The molecular formula is C15H23NOS. The highest BCUT2D eigenvalue weighted by molar-refractivity contribution is 7.99. The number of hydrogen-bond acceptors (Lipinski definition) is 3. The van der Waals surface area contributed by atoms with Crippen LogP contribution in [0, 0.1) is 5.92 Å². The molecule has 0 radical (unpaired) electrons. The summed E-state index contributed by atoms with van der Waals surface area (Å²) in [7, 11) is 0. The van der Waals surface area contributed by atoms with Gasteiger partial charge in [-0.2, -0.15) is 11.8 Å². The molecule has 3 heteroatoms. The summed E-state index contributed by atoms with van der Waals surface area (Å²) in [6.07, 6.45) is 4.96. The normalized spacial score (nSPS) is 25.9. The van der Waals surface area contributed by atoms with Gasteiger partial charge in [0.25, 0.3) is 0 Å². The van der Waals surface area contributed by atoms with E-state index in [1.54, 1.807) is 0 Å². The smallest absolute Gasteiger partial charge is 0.0880 e. The van der Waals surface area contributed by atoms with Crippen molar-refractivity contribution in [1.82, 2.24) is 0 Å². The zero-order valence-corrected chi connectivity index (χ0v) is 11.8. The number of thioether (sulfide) groups is 1. The number of aliphatic hydroxyl groups excluding tert-OH is 1. The van der Waals surface area contributed by atoms with Crippen LogP contribution in [-0.2, 0) is 0 Å². The predicted octanol–water partition coefficient (Wildman–Crippen LogP) is 3.61. The predicted molar refractivity (Wildman–Crippen MR) is 79.7 cm³/mol. The zero-order chi connectivity index (χ0) is 13.0. The molecule has 0 heterocycles. The molecule has 2 rings (SSSR count). The topological polar surface area (TPSA) is 46.2 Å². The Hall–Kier alpha value is -0.670. The Bertz CT molecular complexity index is 365. The molecule has 1 aromatic carbocycles. The van der Waals surface area contributed by atoms with Crippen LogP contribution >= 0.6 is 11.8 Å². The zero-order valence-electron chi connectivity index (χ0n) is 11.0. The SMILES string of the molecule is CC1CCCC(SCC(O)c2ccc(N)cc2)C1. The molecule has 1 aliphatic carbocycles. The maximum absolute atomic E-state index is 10.1. The van der Waals surface area contributed by atoms with Crippen molar-refractivity contribution in [2.45, 2.75) is 44.0 Å². The first kappa shape index (κ1) is 13.8. The minimum absolute atomic E-state index is 0.368. The van der Waals surface area contributed by atoms with Crippen molar-refractivity contribution in [3.63, 3.8) is 0 Å². The van der Waals surface area contributed by atoms with Gasteiger partial charge in [0.15, 0.2) is 0 Å². The van der Waals surface area contributed by atoms with Crippen LogP contribution in [0.1, 0.15) is 44.3 Å². The van der Waals surface area contributed by atoms with Crippen LogP contribution in [0.15, 0.2) is 24.3 Å². The first-order valence-electron chi connectivity index (χ1n) is 6.80. The molecule has 100 valence electrons. The molecule has 3 unspecified atom stereocenters. The minimum atomic E-state index is -0.368. The van der Waals surface area contributed by atoms with Gasteiger partial charge in [0.1, 0.15) is 0 Å². The van der Waals surface area contributed by atoms with Gasteiger partial charge in [-0.25, -0.2) is 0 Å². The van der Waals surface area contributed by atoms with Gasteiger partial charge in [-0.05, 0) is 36.5 Å². The third-order valence-electron chi connectivity index (χ3n) is 3.70. The fourth-order valence-corrected chi connectivity index (χ4v) is 4.02. The number of nitrogens with two attached hydrogens (primary N) is 1. The second kappa shape index (κ2) is 6.48. The lowest BCUT2D eigenvalue weighted by Crippen LogP contribution is -2.16. The lowest BCUT2D eigenvalue weighted by molar-refractivity contribution is 0.204. The summed E-state index contributed by atoms with van der Waals surface area (Å²) in [5.41, 5.74) is 7.37. The minimum Gasteiger partial charge on any atom is -0.399 e. The van der Waals surface area contributed by atoms with Crippen molar-refractivity contribution in [2.75, 3.05) is 11.5 Å². The molecule has 3 atom stereocenters. The summed E-state index contributed by atoms with van der Waals surface area (Å²) >= 11 is 1.93. The van der Waals surface area contributed by atoms with Gasteiger partial charge >= 0.3 is 0 Å². The van der Waals surface area contributed by atoms with Crippen LogP contribution in [-0.4, -0.2) is 16.1 Å². The van der Waals surface area contributed by atoms with E-state index in [9.17, 15) is 5.11 Å². The van der Waals surface area contributed by atoms with Gasteiger partial charge in [0.05, 0.1) is 6.10 Å². The van der Waals surface area contributed by atoms with Crippen LogP contribution < -0.4 is 5.73 Å². The van der Waals surface area contributed by atoms with E-state index < -0.39 is 0 Å². The average molecular weight is 265 g/mol. The molecule has 0 saturated heterocycles. The molecule has 0 bridgehead atoms. The van der Waals surface area contributed by atoms with Crippen molar-refractivity contribution in [1.29, 1.82) is 0 Å². The van der Waals surface area contributed by atoms with E-state index >= 15 is 0 Å². The highest BCUT2D eigenvalue weighted by atomic mass is 32.2. The number of benzene rings is 1. The molecule has 18 heavy (non-hydrogen) atoms. The quantitative estimate of drug-likeness (QED) is 0.817. The highest BCUT2D eigenvalue weighted by Gasteiger charge is 2.20. The van der Waals surface area contributed by atoms with E-state index in [0.29, 0.717) is 0 Å². The molecule has 0 amide bonds. The third-order valence-corrected chi connectivity index (χ3v) is 5.11. The monoisotopic (exact) mass is 265 g/mol. The number of anilines is 1. The lowest BCUT2D eigenvalue weighted by Gasteiger charge is -2.27. The Labute approximate surface area is 114 Å². The van der Waals surface area contributed by atoms with Gasteiger partial charge in [0, 0.05) is 16.7 Å². The van der Waals surface area contributed by atoms with Crippen LogP contribution in [0.2, 0.25) is 0 Å². The third kappa shape index (κ3) is 3.92. The first-order valence-corrected chi connectivity index (χ1v) is 7.85. The molecule has 2 nitrogen and oxygen atoms in total. The van der Waals surface area contributed by atoms with E-state index in [2.05, 4.69) is 6.92 Å². The largest absolute Gasteiger partial charge is 0.399 e. The summed E-state index contributed by atoms with van der Waals surface area (Å²) in [6, 6.07) is 7.55. The molecular weight excluding hydrogens is 242 g/mol. The van der Waals surface area contributed by atoms with E-state index in [-0.39, 0.29) is 6.10 Å². The van der Waals surface area contributed by atoms with Crippen LogP contribution in [0.25, 0.3) is 0 Å². The van der Waals surface area contributed by atoms with Crippen molar-refractivity contribution in [2.24, 2.45) is 5.92 Å². The van der Waals surface area contributed by atoms with Crippen molar-refractivity contribution in [3.8, 4) is 0 Å². The molecule has 3 N–H and O–H groups in total. The van der Waals surface area contributed by atoms with E-state index in [0.717, 1.165) is 28.2 Å². The summed E-state index contributed by atoms with van der Waals surface area (Å²) in [4.78, 5) is 0. The number of nitrogen functional groups attached to an aromatic ring is 1. The Morgan fingerprint density at radius 3 is 2.72 bits per heavy atom. The molecule has 1 aliphatic rings. The Morgan fingerprint density at radius 2 is 2.06 bits per heavy atom. The molecule has 1 fully saturated rings. The first-order chi connectivity index (χ1) is 8.65. The van der Waals surface area contributed by atoms with E-state index in [1.807, 2.05) is 36.0 Å². The molecule has 1 saturated carbocycles. The lowest BCUT2D eigenvalue weighted by atomic mass is 9.91. The second-order valence-electron chi connectivity index (χ2n) is 5.41. The maximum Gasteiger partial charge on any atom is 0.0880 e. The van der Waals surface area contributed by atoms with Gasteiger partial charge in [0.2, 0.25) is 0 Å². The molecule has 0 aliphatic heterocycles. The Balaban J connectivity index is 1.80. The second-order valence-corrected chi connectivity index (χ2v) is 6.74. The van der Waals surface area contributed by atoms with E-state index in [1.165, 1.54) is 25.7 Å². The number of aliphatic hydroxyl groups is 1. The molecule has 0 spiro atoms. The van der Waals surface area contributed by atoms with Gasteiger partial charge in [-0.1, -0.05) is 31.9 Å². The van der Waals surface area contributed by atoms with E-state index in [4.69, 9.17) is 5.73 Å². The van der Waals surface area contributed by atoms with Gasteiger partial charge in [-0.3, -0.25) is 0 Å². The fourth-order valence-electron chi connectivity index (χ4n) is 2.57. The summed E-state index contributed by atoms with van der Waals surface area (Å²) < 4.78 is 0. The van der Waals surface area contributed by atoms with Crippen LogP contribution in [0.4, 0.5) is 5.69 Å². The van der Waals surface area contributed by atoms with Crippen molar-refractivity contribution >= 4 is 17.4 Å².